The maximum absolute atomic E-state index is 13.1. The summed E-state index contributed by atoms with van der Waals surface area (Å²) in [6.07, 6.45) is 2.04. The van der Waals surface area contributed by atoms with E-state index >= 15 is 0 Å². The minimum atomic E-state index is -0.771. The average Bonchev–Trinajstić information content (AvgIpc) is 3.29. The van der Waals surface area contributed by atoms with Crippen molar-refractivity contribution in [3.05, 3.63) is 64.1 Å². The number of benzene rings is 1. The number of amides is 1. The molecule has 0 saturated heterocycles. The average molecular weight is 373 g/mol. The van der Waals surface area contributed by atoms with Gasteiger partial charge in [0.05, 0.1) is 25.1 Å². The van der Waals surface area contributed by atoms with Gasteiger partial charge in [0.1, 0.15) is 16.4 Å². The van der Waals surface area contributed by atoms with Crippen LogP contribution in [-0.4, -0.2) is 34.1 Å². The van der Waals surface area contributed by atoms with Crippen LogP contribution in [0.5, 0.6) is 0 Å². The smallest absolute Gasteiger partial charge is 0.433 e. The van der Waals surface area contributed by atoms with Crippen molar-refractivity contribution in [2.24, 2.45) is 5.10 Å². The van der Waals surface area contributed by atoms with Crippen LogP contribution < -0.4 is 5.43 Å². The van der Waals surface area contributed by atoms with Crippen LogP contribution in [0.4, 0.5) is 15.1 Å². The number of nitro groups is 1. The van der Waals surface area contributed by atoms with Crippen molar-refractivity contribution in [2.75, 3.05) is 7.11 Å². The monoisotopic (exact) mass is 373 g/mol. The third-order valence-electron chi connectivity index (χ3n) is 3.38. The van der Waals surface area contributed by atoms with Crippen LogP contribution >= 0.6 is 0 Å². The molecule has 1 amide bonds. The summed E-state index contributed by atoms with van der Waals surface area (Å²) in [5.74, 6) is -0.726. The molecule has 10 nitrogen and oxygen atoms in total. The number of nitrogens with one attached hydrogen (secondary N) is 1. The maximum atomic E-state index is 13.1. The van der Waals surface area contributed by atoms with Crippen LogP contribution in [0.1, 0.15) is 5.56 Å². The molecule has 0 bridgehead atoms. The quantitative estimate of drug-likeness (QED) is 0.416. The zero-order valence-electron chi connectivity index (χ0n) is 13.8. The molecule has 0 aliphatic rings. The van der Waals surface area contributed by atoms with Crippen LogP contribution in [0.25, 0.3) is 17.1 Å². The lowest BCUT2D eigenvalue weighted by atomic mass is 10.2. The standard InChI is InChI=1S/C16H12FN5O5/c1-26-16(23)19-18-8-10-9-21(12-4-2-11(17)3-5-12)20-15(10)13-6-7-14(27-13)22(24)25/h2-9H,1H3,(H,19,23)/b18-8+. The highest BCUT2D eigenvalue weighted by molar-refractivity contribution is 5.88. The molecule has 0 atom stereocenters. The van der Waals surface area contributed by atoms with Crippen LogP contribution in [-0.2, 0) is 4.74 Å². The normalized spacial score (nSPS) is 10.9. The van der Waals surface area contributed by atoms with Gasteiger partial charge in [0.2, 0.25) is 0 Å². The molecule has 0 unspecified atom stereocenters. The lowest BCUT2D eigenvalue weighted by Gasteiger charge is -1.99. The van der Waals surface area contributed by atoms with Gasteiger partial charge in [-0.25, -0.2) is 19.3 Å². The van der Waals surface area contributed by atoms with Crippen molar-refractivity contribution in [3.8, 4) is 17.1 Å². The number of nitrogens with zero attached hydrogens (tertiary/aromatic N) is 4. The Kier molecular flexibility index (Phi) is 4.92. The lowest BCUT2D eigenvalue weighted by molar-refractivity contribution is -0.401. The molecule has 1 N–H and O–H groups in total. The number of hydrazone groups is 1. The summed E-state index contributed by atoms with van der Waals surface area (Å²) in [7, 11) is 1.19. The second-order valence-electron chi connectivity index (χ2n) is 5.11. The molecule has 0 fully saturated rings. The van der Waals surface area contributed by atoms with E-state index in [1.807, 2.05) is 0 Å². The summed E-state index contributed by atoms with van der Waals surface area (Å²) in [5, 5.41) is 18.9. The number of hydrogen-bond donors (Lipinski definition) is 1. The first kappa shape index (κ1) is 17.8. The van der Waals surface area contributed by atoms with Gasteiger partial charge in [-0.05, 0) is 30.3 Å². The minimum absolute atomic E-state index is 0.127. The number of ether oxygens (including phenoxy) is 1. The van der Waals surface area contributed by atoms with Gasteiger partial charge < -0.3 is 9.15 Å². The zero-order valence-corrected chi connectivity index (χ0v) is 13.8. The van der Waals surface area contributed by atoms with E-state index in [0.717, 1.165) is 0 Å². The highest BCUT2D eigenvalue weighted by Crippen LogP contribution is 2.27. The fraction of sp³-hybridized carbons (Fsp3) is 0.0625. The maximum Gasteiger partial charge on any atom is 0.433 e. The Morgan fingerprint density at radius 1 is 1.37 bits per heavy atom. The van der Waals surface area contributed by atoms with Gasteiger partial charge in [-0.15, -0.1) is 0 Å². The second-order valence-corrected chi connectivity index (χ2v) is 5.11. The molecule has 1 aromatic carbocycles. The summed E-state index contributed by atoms with van der Waals surface area (Å²) >= 11 is 0. The topological polar surface area (TPSA) is 125 Å². The Morgan fingerprint density at radius 2 is 2.11 bits per heavy atom. The largest absolute Gasteiger partial charge is 0.452 e. The molecule has 0 radical (unpaired) electrons. The summed E-state index contributed by atoms with van der Waals surface area (Å²) in [4.78, 5) is 21.3. The predicted molar refractivity (Wildman–Crippen MR) is 91.0 cm³/mol. The van der Waals surface area contributed by atoms with E-state index in [-0.39, 0.29) is 11.5 Å². The van der Waals surface area contributed by atoms with E-state index in [1.165, 1.54) is 54.4 Å². The van der Waals surface area contributed by atoms with Crippen molar-refractivity contribution in [1.82, 2.24) is 15.2 Å². The van der Waals surface area contributed by atoms with Crippen LogP contribution in [0, 0.1) is 15.9 Å². The van der Waals surface area contributed by atoms with Gasteiger partial charge in [0.15, 0.2) is 5.76 Å². The highest BCUT2D eigenvalue weighted by atomic mass is 19.1. The Hall–Kier alpha value is -4.02. The van der Waals surface area contributed by atoms with Crippen molar-refractivity contribution in [2.45, 2.75) is 0 Å². The van der Waals surface area contributed by atoms with Gasteiger partial charge in [-0.3, -0.25) is 10.1 Å². The van der Waals surface area contributed by atoms with Crippen LogP contribution in [0.3, 0.4) is 0 Å². The first-order valence-electron chi connectivity index (χ1n) is 7.45. The zero-order chi connectivity index (χ0) is 19.4. The van der Waals surface area contributed by atoms with Crippen LogP contribution in [0.15, 0.2) is 52.1 Å². The van der Waals surface area contributed by atoms with E-state index in [1.54, 1.807) is 6.20 Å². The molecule has 27 heavy (non-hydrogen) atoms. The number of methoxy groups -OCH3 is 1. The molecule has 11 heteroatoms. The summed E-state index contributed by atoms with van der Waals surface area (Å²) in [6.45, 7) is 0. The van der Waals surface area contributed by atoms with Crippen molar-refractivity contribution >= 4 is 18.2 Å². The molecule has 2 aromatic heterocycles. The predicted octanol–water partition coefficient (Wildman–Crippen LogP) is 2.87. The highest BCUT2D eigenvalue weighted by Gasteiger charge is 2.19. The van der Waals surface area contributed by atoms with Crippen LogP contribution in [0.2, 0.25) is 0 Å². The first-order chi connectivity index (χ1) is 13.0. The third-order valence-corrected chi connectivity index (χ3v) is 3.38. The van der Waals surface area contributed by atoms with Gasteiger partial charge >= 0.3 is 12.0 Å². The summed E-state index contributed by atoms with van der Waals surface area (Å²) < 4.78 is 24.1. The van der Waals surface area contributed by atoms with Crippen molar-refractivity contribution in [1.29, 1.82) is 0 Å². The van der Waals surface area contributed by atoms with Gasteiger partial charge in [-0.1, -0.05) is 0 Å². The lowest BCUT2D eigenvalue weighted by Crippen LogP contribution is -2.16. The van der Waals surface area contributed by atoms with E-state index in [0.29, 0.717) is 11.3 Å². The molecule has 3 rings (SSSR count). The molecule has 2 heterocycles. The number of carbonyl (C=O) groups excluding carboxylic acids is 1. The van der Waals surface area contributed by atoms with E-state index < -0.39 is 22.7 Å². The van der Waals surface area contributed by atoms with Gasteiger partial charge in [0, 0.05) is 11.8 Å². The molecule has 0 aliphatic heterocycles. The number of rotatable bonds is 5. The van der Waals surface area contributed by atoms with Crippen molar-refractivity contribution < 1.29 is 23.3 Å². The number of halogens is 1. The Bertz CT molecular complexity index is 1010. The Morgan fingerprint density at radius 3 is 2.74 bits per heavy atom. The number of furan rings is 1. The fourth-order valence-electron chi connectivity index (χ4n) is 2.15. The third kappa shape index (κ3) is 3.98. The van der Waals surface area contributed by atoms with E-state index in [9.17, 15) is 19.3 Å². The molecule has 0 saturated carbocycles. The first-order valence-corrected chi connectivity index (χ1v) is 7.45. The number of carbonyl (C=O) groups is 1. The Labute approximate surface area is 151 Å². The Balaban J connectivity index is 2.01. The number of hydrogen-bond acceptors (Lipinski definition) is 7. The summed E-state index contributed by atoms with van der Waals surface area (Å²) in [5.41, 5.74) is 3.29. The van der Waals surface area contributed by atoms with E-state index in [4.69, 9.17) is 4.42 Å². The van der Waals surface area contributed by atoms with Crippen molar-refractivity contribution in [3.63, 3.8) is 0 Å². The molecular formula is C16H12FN5O5. The molecule has 3 aromatic rings. The molecule has 0 spiro atoms. The molecular weight excluding hydrogens is 361 g/mol. The second kappa shape index (κ2) is 7.47. The number of aromatic nitrogens is 2. The SMILES string of the molecule is COC(=O)N/N=C/c1cn(-c2ccc(F)cc2)nc1-c1ccc([N+](=O)[O-])o1. The van der Waals surface area contributed by atoms with E-state index in [2.05, 4.69) is 20.4 Å². The minimum Gasteiger partial charge on any atom is -0.452 e. The van der Waals surface area contributed by atoms with Gasteiger partial charge in [-0.2, -0.15) is 10.2 Å². The summed E-state index contributed by atoms with van der Waals surface area (Å²) in [6, 6.07) is 8.12. The molecule has 0 aliphatic carbocycles. The van der Waals surface area contributed by atoms with Gasteiger partial charge in [0.25, 0.3) is 0 Å². The molecule has 138 valence electrons. The fourth-order valence-corrected chi connectivity index (χ4v) is 2.15.